The van der Waals surface area contributed by atoms with E-state index in [0.717, 1.165) is 11.1 Å². The summed E-state index contributed by atoms with van der Waals surface area (Å²) in [6, 6.07) is 10.9. The fraction of sp³-hybridized carbons (Fsp3) is 0.182. The SMILES string of the molecule is Cc1nc2cc(F)c(-c3ccc(P(C)C)nc3)nc2c(NCc2ccccn2)c1Cl. The summed E-state index contributed by atoms with van der Waals surface area (Å²) in [6.07, 6.45) is 3.40. The monoisotopic (exact) mass is 439 g/mol. The van der Waals surface area contributed by atoms with Crippen LogP contribution in [0.5, 0.6) is 0 Å². The molecule has 0 aromatic carbocycles. The van der Waals surface area contributed by atoms with Gasteiger partial charge in [0.2, 0.25) is 0 Å². The molecule has 1 N–H and O–H groups in total. The van der Waals surface area contributed by atoms with E-state index in [1.807, 2.05) is 30.3 Å². The molecule has 0 amide bonds. The van der Waals surface area contributed by atoms with Crippen LogP contribution >= 0.6 is 19.5 Å². The van der Waals surface area contributed by atoms with Crippen molar-refractivity contribution in [1.82, 2.24) is 19.9 Å². The summed E-state index contributed by atoms with van der Waals surface area (Å²) in [7, 11) is -0.322. The second-order valence-electron chi connectivity index (χ2n) is 7.05. The Morgan fingerprint density at radius 3 is 2.60 bits per heavy atom. The van der Waals surface area contributed by atoms with E-state index in [0.29, 0.717) is 39.5 Å². The van der Waals surface area contributed by atoms with Gasteiger partial charge in [0.25, 0.3) is 0 Å². The van der Waals surface area contributed by atoms with Gasteiger partial charge in [-0.15, -0.1) is 0 Å². The highest BCUT2D eigenvalue weighted by molar-refractivity contribution is 7.63. The predicted molar refractivity (Wildman–Crippen MR) is 122 cm³/mol. The smallest absolute Gasteiger partial charge is 0.151 e. The fourth-order valence-electron chi connectivity index (χ4n) is 3.10. The molecule has 0 unspecified atom stereocenters. The molecule has 0 saturated heterocycles. The van der Waals surface area contributed by atoms with Gasteiger partial charge in [0, 0.05) is 24.0 Å². The van der Waals surface area contributed by atoms with Crippen LogP contribution in [-0.4, -0.2) is 33.3 Å². The topological polar surface area (TPSA) is 63.6 Å². The van der Waals surface area contributed by atoms with Crippen molar-refractivity contribution in [2.45, 2.75) is 13.5 Å². The molecule has 5 nitrogen and oxygen atoms in total. The minimum absolute atomic E-state index is 0.223. The van der Waals surface area contributed by atoms with Crippen molar-refractivity contribution in [2.24, 2.45) is 0 Å². The van der Waals surface area contributed by atoms with Crippen LogP contribution in [0.4, 0.5) is 10.1 Å². The van der Waals surface area contributed by atoms with Crippen LogP contribution in [0, 0.1) is 12.7 Å². The minimum atomic E-state index is -0.447. The Balaban J connectivity index is 1.80. The standard InChI is InChI=1S/C22H20ClFN5P/c1-13-19(23)22(27-12-15-6-4-5-9-25-15)21-17(28-13)10-16(24)20(29-21)14-7-8-18(26-11-14)30(2)3/h4-11H,12H2,1-3H3,(H,27,28). The van der Waals surface area contributed by atoms with Crippen molar-refractivity contribution in [3.63, 3.8) is 0 Å². The van der Waals surface area contributed by atoms with Gasteiger partial charge in [-0.05, 0) is 44.5 Å². The Morgan fingerprint density at radius 1 is 1.10 bits per heavy atom. The molecule has 4 aromatic rings. The molecule has 0 saturated carbocycles. The molecule has 4 aromatic heterocycles. The van der Waals surface area contributed by atoms with Crippen molar-refractivity contribution in [3.05, 3.63) is 71.0 Å². The Hall–Kier alpha value is -2.69. The first kappa shape index (κ1) is 20.6. The van der Waals surface area contributed by atoms with Crippen molar-refractivity contribution in [3.8, 4) is 11.3 Å². The second-order valence-corrected chi connectivity index (χ2v) is 9.67. The Bertz CT molecular complexity index is 1200. The highest BCUT2D eigenvalue weighted by Gasteiger charge is 2.17. The maximum Gasteiger partial charge on any atom is 0.151 e. The molecule has 0 radical (unpaired) electrons. The third-order valence-corrected chi connectivity index (χ3v) is 6.31. The number of halogens is 2. The van der Waals surface area contributed by atoms with Crippen LogP contribution in [0.3, 0.4) is 0 Å². The molecule has 30 heavy (non-hydrogen) atoms. The zero-order valence-electron chi connectivity index (χ0n) is 16.8. The molecule has 0 spiro atoms. The number of nitrogens with zero attached hydrogens (tertiary/aromatic N) is 4. The number of fused-ring (bicyclic) bond motifs is 1. The molecule has 4 heterocycles. The lowest BCUT2D eigenvalue weighted by molar-refractivity contribution is 0.628. The first-order valence-electron chi connectivity index (χ1n) is 9.38. The number of rotatable bonds is 5. The van der Waals surface area contributed by atoms with Crippen molar-refractivity contribution in [1.29, 1.82) is 0 Å². The fourth-order valence-corrected chi connectivity index (χ4v) is 3.96. The van der Waals surface area contributed by atoms with Crippen LogP contribution in [-0.2, 0) is 6.54 Å². The van der Waals surface area contributed by atoms with Crippen LogP contribution < -0.4 is 10.8 Å². The maximum absolute atomic E-state index is 14.9. The van der Waals surface area contributed by atoms with E-state index < -0.39 is 5.82 Å². The molecule has 0 atom stereocenters. The second kappa shape index (κ2) is 8.58. The lowest BCUT2D eigenvalue weighted by atomic mass is 10.1. The predicted octanol–water partition coefficient (Wildman–Crippen LogP) is 5.17. The van der Waals surface area contributed by atoms with Gasteiger partial charge in [-0.1, -0.05) is 25.6 Å². The van der Waals surface area contributed by atoms with Crippen LogP contribution in [0.15, 0.2) is 48.8 Å². The summed E-state index contributed by atoms with van der Waals surface area (Å²) < 4.78 is 14.9. The number of aromatic nitrogens is 4. The highest BCUT2D eigenvalue weighted by atomic mass is 35.5. The van der Waals surface area contributed by atoms with Crippen molar-refractivity contribution < 1.29 is 4.39 Å². The molecule has 0 bridgehead atoms. The summed E-state index contributed by atoms with van der Waals surface area (Å²) >= 11 is 6.54. The van der Waals surface area contributed by atoms with Gasteiger partial charge >= 0.3 is 0 Å². The van der Waals surface area contributed by atoms with Crippen molar-refractivity contribution in [2.75, 3.05) is 18.6 Å². The maximum atomic E-state index is 14.9. The van der Waals surface area contributed by atoms with Crippen molar-refractivity contribution >= 4 is 41.7 Å². The quantitative estimate of drug-likeness (QED) is 0.435. The number of anilines is 1. The summed E-state index contributed by atoms with van der Waals surface area (Å²) in [5.74, 6) is -0.447. The van der Waals surface area contributed by atoms with Gasteiger partial charge < -0.3 is 5.32 Å². The number of hydrogen-bond donors (Lipinski definition) is 1. The van der Waals surface area contributed by atoms with Gasteiger partial charge in [-0.25, -0.2) is 14.4 Å². The Labute approximate surface area is 180 Å². The van der Waals surface area contributed by atoms with E-state index in [2.05, 4.69) is 38.6 Å². The third kappa shape index (κ3) is 4.11. The minimum Gasteiger partial charge on any atom is -0.376 e. The van der Waals surface area contributed by atoms with E-state index >= 15 is 0 Å². The molecule has 4 rings (SSSR count). The lowest BCUT2D eigenvalue weighted by Gasteiger charge is -2.14. The van der Waals surface area contributed by atoms with Gasteiger partial charge in [0.05, 0.1) is 39.6 Å². The molecule has 0 aliphatic heterocycles. The zero-order valence-corrected chi connectivity index (χ0v) is 18.5. The van der Waals surface area contributed by atoms with Gasteiger partial charge in [0.1, 0.15) is 11.2 Å². The third-order valence-electron chi connectivity index (χ3n) is 4.67. The van der Waals surface area contributed by atoms with Gasteiger partial charge in [-0.3, -0.25) is 9.97 Å². The summed E-state index contributed by atoms with van der Waals surface area (Å²) in [5.41, 5.74) is 4.87. The van der Waals surface area contributed by atoms with Gasteiger partial charge in [-0.2, -0.15) is 0 Å². The highest BCUT2D eigenvalue weighted by Crippen LogP contribution is 2.34. The van der Waals surface area contributed by atoms with E-state index in [9.17, 15) is 4.39 Å². The normalized spacial score (nSPS) is 11.3. The number of nitrogens with one attached hydrogen (secondary N) is 1. The number of hydrogen-bond acceptors (Lipinski definition) is 5. The molecular formula is C22H20ClFN5P. The number of pyridine rings is 4. The molecule has 152 valence electrons. The molecule has 0 aliphatic carbocycles. The average Bonchev–Trinajstić information content (AvgIpc) is 2.75. The van der Waals surface area contributed by atoms with Gasteiger partial charge in [0.15, 0.2) is 5.82 Å². The molecule has 0 aliphatic rings. The first-order valence-corrected chi connectivity index (χ1v) is 12.0. The Morgan fingerprint density at radius 2 is 1.93 bits per heavy atom. The van der Waals surface area contributed by atoms with E-state index in [1.54, 1.807) is 19.3 Å². The molecule has 8 heteroatoms. The summed E-state index contributed by atoms with van der Waals surface area (Å²) in [4.78, 5) is 17.8. The van der Waals surface area contributed by atoms with Crippen LogP contribution in [0.25, 0.3) is 22.3 Å². The van der Waals surface area contributed by atoms with Crippen LogP contribution in [0.1, 0.15) is 11.4 Å². The number of aryl methyl sites for hydroxylation is 1. The van der Waals surface area contributed by atoms with E-state index in [4.69, 9.17) is 11.6 Å². The average molecular weight is 440 g/mol. The van der Waals surface area contributed by atoms with E-state index in [-0.39, 0.29) is 13.6 Å². The first-order chi connectivity index (χ1) is 14.4. The largest absolute Gasteiger partial charge is 0.376 e. The summed E-state index contributed by atoms with van der Waals surface area (Å²) in [6.45, 7) is 6.50. The zero-order chi connectivity index (χ0) is 21.3. The van der Waals surface area contributed by atoms with Crippen LogP contribution in [0.2, 0.25) is 5.02 Å². The van der Waals surface area contributed by atoms with E-state index in [1.165, 1.54) is 6.07 Å². The molecular weight excluding hydrogens is 420 g/mol. The Kier molecular flexibility index (Phi) is 5.89. The summed E-state index contributed by atoms with van der Waals surface area (Å²) in [5, 5.41) is 3.76. The molecule has 0 fully saturated rings. The lowest BCUT2D eigenvalue weighted by Crippen LogP contribution is -2.06.